The van der Waals surface area contributed by atoms with Crippen LogP contribution in [0.5, 0.6) is 0 Å². The smallest absolute Gasteiger partial charge is 0.191 e. The van der Waals surface area contributed by atoms with Crippen LogP contribution >= 0.6 is 11.8 Å². The van der Waals surface area contributed by atoms with Gasteiger partial charge >= 0.3 is 0 Å². The van der Waals surface area contributed by atoms with Gasteiger partial charge in [0.05, 0.1) is 11.7 Å². The van der Waals surface area contributed by atoms with E-state index >= 15 is 0 Å². The zero-order chi connectivity index (χ0) is 14.0. The summed E-state index contributed by atoms with van der Waals surface area (Å²) in [5.41, 5.74) is 5.87. The second kappa shape index (κ2) is 6.03. The van der Waals surface area contributed by atoms with Gasteiger partial charge in [0.2, 0.25) is 0 Å². The Morgan fingerprint density at radius 3 is 2.90 bits per heavy atom. The summed E-state index contributed by atoms with van der Waals surface area (Å²) in [6.45, 7) is 3.39. The number of hydrogen-bond acceptors (Lipinski definition) is 5. The Labute approximate surface area is 124 Å². The normalized spacial score (nSPS) is 24.8. The highest BCUT2D eigenvalue weighted by atomic mass is 32.2. The fraction of sp³-hybridized carbons (Fsp3) is 0.857. The van der Waals surface area contributed by atoms with E-state index in [0.717, 1.165) is 23.3 Å². The van der Waals surface area contributed by atoms with Gasteiger partial charge in [0.15, 0.2) is 5.16 Å². The molecule has 1 aliphatic carbocycles. The lowest BCUT2D eigenvalue weighted by molar-refractivity contribution is -0.0267. The summed E-state index contributed by atoms with van der Waals surface area (Å²) >= 11 is 1.76. The van der Waals surface area contributed by atoms with Crippen LogP contribution < -0.4 is 5.73 Å². The minimum atomic E-state index is 0.228. The third kappa shape index (κ3) is 2.87. The number of aromatic nitrogens is 3. The van der Waals surface area contributed by atoms with Crippen LogP contribution in [0, 0.1) is 6.92 Å². The van der Waals surface area contributed by atoms with E-state index in [4.69, 9.17) is 10.5 Å². The quantitative estimate of drug-likeness (QED) is 0.843. The Morgan fingerprint density at radius 1 is 1.35 bits per heavy atom. The molecular weight excluding hydrogens is 272 g/mol. The van der Waals surface area contributed by atoms with Gasteiger partial charge in [-0.1, -0.05) is 24.6 Å². The van der Waals surface area contributed by atoms with Gasteiger partial charge in [0.1, 0.15) is 5.82 Å². The van der Waals surface area contributed by atoms with Gasteiger partial charge < -0.3 is 15.0 Å². The Bertz CT molecular complexity index is 456. The van der Waals surface area contributed by atoms with Crippen molar-refractivity contribution in [3.8, 4) is 0 Å². The first kappa shape index (κ1) is 14.4. The summed E-state index contributed by atoms with van der Waals surface area (Å²) in [5.74, 6) is 1.92. The molecular formula is C14H24N4OS. The number of nitrogens with zero attached hydrogens (tertiary/aromatic N) is 3. The summed E-state index contributed by atoms with van der Waals surface area (Å²) in [7, 11) is 0. The summed E-state index contributed by atoms with van der Waals surface area (Å²) in [6, 6.07) is 0. The van der Waals surface area contributed by atoms with Crippen molar-refractivity contribution in [2.45, 2.75) is 68.9 Å². The van der Waals surface area contributed by atoms with E-state index in [9.17, 15) is 0 Å². The fourth-order valence-corrected chi connectivity index (χ4v) is 4.47. The molecule has 20 heavy (non-hydrogen) atoms. The molecule has 1 spiro atoms. The number of ether oxygens (including phenoxy) is 1. The number of thioether (sulfide) groups is 1. The molecule has 0 bridgehead atoms. The van der Waals surface area contributed by atoms with Crippen LogP contribution in [0.15, 0.2) is 5.16 Å². The number of rotatable bonds is 5. The monoisotopic (exact) mass is 296 g/mol. The molecule has 6 heteroatoms. The van der Waals surface area contributed by atoms with Crippen LogP contribution in [-0.4, -0.2) is 38.8 Å². The molecule has 0 aromatic carbocycles. The second-order valence-electron chi connectivity index (χ2n) is 5.95. The second-order valence-corrected chi connectivity index (χ2v) is 6.94. The summed E-state index contributed by atoms with van der Waals surface area (Å²) in [5, 5.41) is 9.37. The standard InChI is InChI=1S/C14H24N4OS/c1-11-16-17-13(18(11)9-8-15)20-10-12-4-7-14(19-12)5-2-3-6-14/h12H,2-10,15H2,1H3. The highest BCUT2D eigenvalue weighted by molar-refractivity contribution is 7.99. The number of nitrogens with two attached hydrogens (primary N) is 1. The highest BCUT2D eigenvalue weighted by Gasteiger charge is 2.42. The molecule has 1 saturated carbocycles. The fourth-order valence-electron chi connectivity index (χ4n) is 3.42. The van der Waals surface area contributed by atoms with Gasteiger partial charge in [-0.05, 0) is 32.6 Å². The zero-order valence-corrected chi connectivity index (χ0v) is 13.0. The molecule has 2 N–H and O–H groups in total. The van der Waals surface area contributed by atoms with Crippen molar-refractivity contribution >= 4 is 11.8 Å². The molecule has 3 rings (SSSR count). The van der Waals surface area contributed by atoms with Crippen LogP contribution in [0.2, 0.25) is 0 Å². The van der Waals surface area contributed by atoms with E-state index in [2.05, 4.69) is 14.8 Å². The predicted octanol–water partition coefficient (Wildman–Crippen LogP) is 2.13. The van der Waals surface area contributed by atoms with Gasteiger partial charge in [0, 0.05) is 18.8 Å². The van der Waals surface area contributed by atoms with Crippen molar-refractivity contribution in [1.29, 1.82) is 0 Å². The average molecular weight is 296 g/mol. The molecule has 1 unspecified atom stereocenters. The maximum absolute atomic E-state index is 6.34. The van der Waals surface area contributed by atoms with E-state index in [1.165, 1.54) is 38.5 Å². The Kier molecular flexibility index (Phi) is 4.33. The van der Waals surface area contributed by atoms with E-state index in [0.29, 0.717) is 12.6 Å². The maximum Gasteiger partial charge on any atom is 0.191 e. The Morgan fingerprint density at radius 2 is 2.15 bits per heavy atom. The van der Waals surface area contributed by atoms with Crippen molar-refractivity contribution in [3.05, 3.63) is 5.82 Å². The molecule has 1 saturated heterocycles. The molecule has 5 nitrogen and oxygen atoms in total. The number of hydrogen-bond donors (Lipinski definition) is 1. The van der Waals surface area contributed by atoms with Crippen molar-refractivity contribution < 1.29 is 4.74 Å². The van der Waals surface area contributed by atoms with Crippen molar-refractivity contribution in [3.63, 3.8) is 0 Å². The van der Waals surface area contributed by atoms with Gasteiger partial charge in [-0.15, -0.1) is 10.2 Å². The van der Waals surface area contributed by atoms with E-state index < -0.39 is 0 Å². The first-order chi connectivity index (χ1) is 9.72. The van der Waals surface area contributed by atoms with Crippen LogP contribution in [-0.2, 0) is 11.3 Å². The van der Waals surface area contributed by atoms with Crippen molar-refractivity contribution in [1.82, 2.24) is 14.8 Å². The van der Waals surface area contributed by atoms with Gasteiger partial charge in [-0.2, -0.15) is 0 Å². The van der Waals surface area contributed by atoms with E-state index in [-0.39, 0.29) is 5.60 Å². The summed E-state index contributed by atoms with van der Waals surface area (Å²) < 4.78 is 8.44. The topological polar surface area (TPSA) is 66.0 Å². The van der Waals surface area contributed by atoms with Crippen LogP contribution in [0.4, 0.5) is 0 Å². The third-order valence-corrected chi connectivity index (χ3v) is 5.60. The largest absolute Gasteiger partial charge is 0.371 e. The molecule has 2 heterocycles. The average Bonchev–Trinajstić information content (AvgIpc) is 3.14. The molecule has 1 aliphatic heterocycles. The first-order valence-electron chi connectivity index (χ1n) is 7.63. The maximum atomic E-state index is 6.34. The SMILES string of the molecule is Cc1nnc(SCC2CCC3(CCCC3)O2)n1CCN. The Hall–Kier alpha value is -0.590. The van der Waals surface area contributed by atoms with E-state index in [1.807, 2.05) is 6.92 Å². The summed E-state index contributed by atoms with van der Waals surface area (Å²) in [4.78, 5) is 0. The molecule has 1 aromatic heterocycles. The van der Waals surface area contributed by atoms with Crippen molar-refractivity contribution in [2.75, 3.05) is 12.3 Å². The highest BCUT2D eigenvalue weighted by Crippen LogP contribution is 2.44. The number of aryl methyl sites for hydroxylation is 1. The summed E-state index contributed by atoms with van der Waals surface area (Å²) in [6.07, 6.45) is 8.01. The lowest BCUT2D eigenvalue weighted by Crippen LogP contribution is -2.25. The van der Waals surface area contributed by atoms with Gasteiger partial charge in [0.25, 0.3) is 0 Å². The van der Waals surface area contributed by atoms with Gasteiger partial charge in [-0.25, -0.2) is 0 Å². The molecule has 0 radical (unpaired) electrons. The minimum Gasteiger partial charge on any atom is -0.371 e. The molecule has 2 fully saturated rings. The van der Waals surface area contributed by atoms with Gasteiger partial charge in [-0.3, -0.25) is 0 Å². The molecule has 2 aliphatic rings. The molecule has 1 atom stereocenters. The van der Waals surface area contributed by atoms with Crippen LogP contribution in [0.1, 0.15) is 44.3 Å². The molecule has 0 amide bonds. The lowest BCUT2D eigenvalue weighted by Gasteiger charge is -2.23. The lowest BCUT2D eigenvalue weighted by atomic mass is 9.98. The molecule has 112 valence electrons. The molecule has 1 aromatic rings. The minimum absolute atomic E-state index is 0.228. The van der Waals surface area contributed by atoms with E-state index in [1.54, 1.807) is 11.8 Å². The zero-order valence-electron chi connectivity index (χ0n) is 12.2. The first-order valence-corrected chi connectivity index (χ1v) is 8.61. The van der Waals surface area contributed by atoms with Crippen LogP contribution in [0.25, 0.3) is 0 Å². The van der Waals surface area contributed by atoms with Crippen molar-refractivity contribution in [2.24, 2.45) is 5.73 Å². The predicted molar refractivity (Wildman–Crippen MR) is 79.8 cm³/mol. The Balaban J connectivity index is 1.55. The third-order valence-electron chi connectivity index (χ3n) is 4.51. The van der Waals surface area contributed by atoms with Crippen LogP contribution in [0.3, 0.4) is 0 Å².